The van der Waals surface area contributed by atoms with Crippen molar-refractivity contribution in [1.29, 1.82) is 0 Å². The van der Waals surface area contributed by atoms with Gasteiger partial charge in [-0.3, -0.25) is 9.48 Å². The topological polar surface area (TPSA) is 88.4 Å². The summed E-state index contributed by atoms with van der Waals surface area (Å²) in [5.41, 5.74) is 5.32. The molecule has 8 nitrogen and oxygen atoms in total. The summed E-state index contributed by atoms with van der Waals surface area (Å²) >= 11 is 0. The molecular formula is C26H33N5O3S. The van der Waals surface area contributed by atoms with Crippen LogP contribution < -0.4 is 0 Å². The molecule has 3 heterocycles. The molecule has 1 aliphatic heterocycles. The molecule has 2 aromatic heterocycles. The van der Waals surface area contributed by atoms with Crippen LogP contribution in [0.15, 0.2) is 29.2 Å². The zero-order valence-corrected chi connectivity index (χ0v) is 21.7. The number of hydrogen-bond acceptors (Lipinski definition) is 5. The molecule has 0 unspecified atom stereocenters. The van der Waals surface area contributed by atoms with Crippen molar-refractivity contribution < 1.29 is 13.2 Å². The van der Waals surface area contributed by atoms with Gasteiger partial charge in [-0.1, -0.05) is 19.9 Å². The maximum absolute atomic E-state index is 13.6. The molecule has 0 saturated carbocycles. The summed E-state index contributed by atoms with van der Waals surface area (Å²) in [6.45, 7) is 7.25. The lowest BCUT2D eigenvalue weighted by molar-refractivity contribution is 0.0699. The van der Waals surface area contributed by atoms with Crippen LogP contribution in [0.3, 0.4) is 0 Å². The SMILES string of the molecule is Cc1nn(C)c2nc(C(C)C)cc(C(=O)N3CCN(S(=O)(=O)c4ccc5c(c4)CCCC5)CC3)c12. The minimum absolute atomic E-state index is 0.0961. The number of fused-ring (bicyclic) bond motifs is 2. The largest absolute Gasteiger partial charge is 0.336 e. The summed E-state index contributed by atoms with van der Waals surface area (Å²) < 4.78 is 30.0. The lowest BCUT2D eigenvalue weighted by Crippen LogP contribution is -2.50. The van der Waals surface area contributed by atoms with Crippen molar-refractivity contribution in [3.05, 3.63) is 52.3 Å². The number of aromatic nitrogens is 3. The lowest BCUT2D eigenvalue weighted by atomic mass is 9.92. The smallest absolute Gasteiger partial charge is 0.254 e. The molecule has 9 heteroatoms. The van der Waals surface area contributed by atoms with E-state index >= 15 is 0 Å². The van der Waals surface area contributed by atoms with Crippen LogP contribution in [-0.4, -0.2) is 64.5 Å². The molecule has 1 saturated heterocycles. The highest BCUT2D eigenvalue weighted by Crippen LogP contribution is 2.28. The zero-order valence-electron chi connectivity index (χ0n) is 20.9. The minimum atomic E-state index is -3.59. The average Bonchev–Trinajstić information content (AvgIpc) is 3.16. The number of sulfonamides is 1. The number of hydrogen-bond donors (Lipinski definition) is 0. The van der Waals surface area contributed by atoms with Gasteiger partial charge in [0.25, 0.3) is 5.91 Å². The first kappa shape index (κ1) is 23.9. The Balaban J connectivity index is 1.37. The molecule has 1 aliphatic carbocycles. The van der Waals surface area contributed by atoms with Crippen LogP contribution in [-0.2, 0) is 29.9 Å². The number of benzene rings is 1. The number of nitrogens with zero attached hydrogens (tertiary/aromatic N) is 5. The van der Waals surface area contributed by atoms with Crippen LogP contribution in [0.25, 0.3) is 11.0 Å². The maximum Gasteiger partial charge on any atom is 0.254 e. The second-order valence-electron chi connectivity index (χ2n) is 9.99. The first-order chi connectivity index (χ1) is 16.7. The first-order valence-electron chi connectivity index (χ1n) is 12.4. The maximum atomic E-state index is 13.6. The van der Waals surface area contributed by atoms with Crippen LogP contribution in [0, 0.1) is 6.92 Å². The molecule has 1 aromatic carbocycles. The van der Waals surface area contributed by atoms with E-state index in [1.807, 2.05) is 32.2 Å². The van der Waals surface area contributed by atoms with E-state index in [1.165, 1.54) is 9.87 Å². The standard InChI is InChI=1S/C26H33N5O3S/c1-17(2)23-16-22(24-18(3)28-29(4)25(24)27-23)26(32)30-11-13-31(14-12-30)35(33,34)21-10-9-19-7-5-6-8-20(19)15-21/h9-10,15-17H,5-8,11-14H2,1-4H3. The van der Waals surface area contributed by atoms with Crippen molar-refractivity contribution in [2.75, 3.05) is 26.2 Å². The molecule has 0 N–H and O–H groups in total. The minimum Gasteiger partial charge on any atom is -0.336 e. The number of amides is 1. The molecule has 0 atom stereocenters. The molecule has 0 spiro atoms. The van der Waals surface area contributed by atoms with Crippen molar-refractivity contribution >= 4 is 27.0 Å². The van der Waals surface area contributed by atoms with E-state index in [0.29, 0.717) is 29.2 Å². The summed E-state index contributed by atoms with van der Waals surface area (Å²) in [5.74, 6) is 0.0704. The predicted octanol–water partition coefficient (Wildman–Crippen LogP) is 3.43. The third-order valence-electron chi connectivity index (χ3n) is 7.29. The Labute approximate surface area is 207 Å². The van der Waals surface area contributed by atoms with Gasteiger partial charge in [0.15, 0.2) is 5.65 Å². The fourth-order valence-corrected chi connectivity index (χ4v) is 6.72. The second-order valence-corrected chi connectivity index (χ2v) is 11.9. The van der Waals surface area contributed by atoms with Crippen molar-refractivity contribution in [2.45, 2.75) is 57.3 Å². The fraction of sp³-hybridized carbons (Fsp3) is 0.500. The zero-order chi connectivity index (χ0) is 24.9. The van der Waals surface area contributed by atoms with Crippen molar-refractivity contribution in [3.63, 3.8) is 0 Å². The number of carbonyl (C=O) groups is 1. The molecule has 2 aliphatic rings. The molecule has 0 bridgehead atoms. The Kier molecular flexibility index (Phi) is 6.17. The molecule has 1 amide bonds. The Morgan fingerprint density at radius 1 is 1.00 bits per heavy atom. The van der Waals surface area contributed by atoms with E-state index in [4.69, 9.17) is 4.98 Å². The van der Waals surface area contributed by atoms with Gasteiger partial charge in [0, 0.05) is 38.9 Å². The van der Waals surface area contributed by atoms with Crippen molar-refractivity contribution in [2.24, 2.45) is 7.05 Å². The molecule has 5 rings (SSSR count). The Morgan fingerprint density at radius 3 is 2.37 bits per heavy atom. The number of pyridine rings is 1. The summed E-state index contributed by atoms with van der Waals surface area (Å²) in [6.07, 6.45) is 4.23. The van der Waals surface area contributed by atoms with E-state index in [1.54, 1.807) is 15.6 Å². The number of piperazine rings is 1. The summed E-state index contributed by atoms with van der Waals surface area (Å²) in [7, 11) is -1.75. The predicted molar refractivity (Wildman–Crippen MR) is 135 cm³/mol. The average molecular weight is 496 g/mol. The number of rotatable bonds is 4. The molecular weight excluding hydrogens is 462 g/mol. The van der Waals surface area contributed by atoms with Gasteiger partial charge in [0.2, 0.25) is 10.0 Å². The number of carbonyl (C=O) groups excluding carboxylic acids is 1. The van der Waals surface area contributed by atoms with E-state index < -0.39 is 10.0 Å². The van der Waals surface area contributed by atoms with E-state index in [2.05, 4.69) is 18.9 Å². The highest BCUT2D eigenvalue weighted by molar-refractivity contribution is 7.89. The van der Waals surface area contributed by atoms with Crippen LogP contribution in [0.2, 0.25) is 0 Å². The second kappa shape index (κ2) is 9.02. The van der Waals surface area contributed by atoms with Crippen LogP contribution in [0.1, 0.15) is 65.5 Å². The van der Waals surface area contributed by atoms with E-state index in [-0.39, 0.29) is 24.9 Å². The number of aryl methyl sites for hydroxylation is 4. The summed E-state index contributed by atoms with van der Waals surface area (Å²) in [4.78, 5) is 20.5. The first-order valence-corrected chi connectivity index (χ1v) is 13.9. The van der Waals surface area contributed by atoms with E-state index in [9.17, 15) is 13.2 Å². The van der Waals surface area contributed by atoms with Gasteiger partial charge in [-0.05, 0) is 67.9 Å². The van der Waals surface area contributed by atoms with Crippen LogP contribution >= 0.6 is 0 Å². The molecule has 1 fully saturated rings. The molecule has 0 radical (unpaired) electrons. The van der Waals surface area contributed by atoms with Crippen molar-refractivity contribution in [3.8, 4) is 0 Å². The monoisotopic (exact) mass is 495 g/mol. The highest BCUT2D eigenvalue weighted by Gasteiger charge is 2.32. The van der Waals surface area contributed by atoms with Crippen LogP contribution in [0.5, 0.6) is 0 Å². The third kappa shape index (κ3) is 4.25. The van der Waals surface area contributed by atoms with Crippen LogP contribution in [0.4, 0.5) is 0 Å². The van der Waals surface area contributed by atoms with Gasteiger partial charge < -0.3 is 4.90 Å². The highest BCUT2D eigenvalue weighted by atomic mass is 32.2. The Bertz CT molecular complexity index is 1400. The van der Waals surface area contributed by atoms with Gasteiger partial charge in [-0.15, -0.1) is 0 Å². The summed E-state index contributed by atoms with van der Waals surface area (Å²) in [5, 5.41) is 5.25. The van der Waals surface area contributed by atoms with Crippen molar-refractivity contribution in [1.82, 2.24) is 24.0 Å². The molecule has 35 heavy (non-hydrogen) atoms. The normalized spacial score (nSPS) is 17.2. The lowest BCUT2D eigenvalue weighted by Gasteiger charge is -2.34. The van der Waals surface area contributed by atoms with E-state index in [0.717, 1.165) is 48.0 Å². The van der Waals surface area contributed by atoms with Gasteiger partial charge in [0.1, 0.15) is 0 Å². The fourth-order valence-electron chi connectivity index (χ4n) is 5.25. The van der Waals surface area contributed by atoms with Gasteiger partial charge >= 0.3 is 0 Å². The third-order valence-corrected chi connectivity index (χ3v) is 9.19. The van der Waals surface area contributed by atoms with Gasteiger partial charge in [-0.25, -0.2) is 13.4 Å². The Morgan fingerprint density at radius 2 is 1.69 bits per heavy atom. The van der Waals surface area contributed by atoms with Gasteiger partial charge in [-0.2, -0.15) is 9.40 Å². The summed E-state index contributed by atoms with van der Waals surface area (Å²) in [6, 6.07) is 7.44. The quantitative estimate of drug-likeness (QED) is 0.553. The Hall–Kier alpha value is -2.78. The van der Waals surface area contributed by atoms with Gasteiger partial charge in [0.05, 0.1) is 21.5 Å². The molecule has 3 aromatic rings. The molecule has 186 valence electrons.